The fourth-order valence-corrected chi connectivity index (χ4v) is 3.05. The third kappa shape index (κ3) is 2.61. The van der Waals surface area contributed by atoms with Gasteiger partial charge < -0.3 is 10.7 Å². The van der Waals surface area contributed by atoms with Gasteiger partial charge in [-0.05, 0) is 37.6 Å². The van der Waals surface area contributed by atoms with Crippen molar-refractivity contribution < 1.29 is 4.79 Å². The van der Waals surface area contributed by atoms with E-state index >= 15 is 0 Å². The molecule has 0 bridgehead atoms. The summed E-state index contributed by atoms with van der Waals surface area (Å²) < 4.78 is 0. The number of nitrogens with zero attached hydrogens (tertiary/aromatic N) is 1. The number of ketones is 1. The number of nitrogens with two attached hydrogens (primary N) is 1. The summed E-state index contributed by atoms with van der Waals surface area (Å²) in [5.74, 6) is 1.74. The van der Waals surface area contributed by atoms with Gasteiger partial charge >= 0.3 is 0 Å². The minimum Gasteiger partial charge on any atom is -0.342 e. The normalized spacial score (nSPS) is 16.6. The van der Waals surface area contributed by atoms with E-state index in [-0.39, 0.29) is 5.78 Å². The number of carbonyl (C=O) groups is 1. The summed E-state index contributed by atoms with van der Waals surface area (Å²) in [5, 5.41) is 0. The number of fused-ring (bicyclic) bond motifs is 1. The third-order valence-corrected chi connectivity index (χ3v) is 4.19. The average Bonchev–Trinajstić information content (AvgIpc) is 2.91. The zero-order chi connectivity index (χ0) is 13.9. The van der Waals surface area contributed by atoms with Crippen LogP contribution in [0.25, 0.3) is 11.0 Å². The molecular formula is C16H21N3O. The molecule has 20 heavy (non-hydrogen) atoms. The Labute approximate surface area is 118 Å². The highest BCUT2D eigenvalue weighted by Gasteiger charge is 2.19. The summed E-state index contributed by atoms with van der Waals surface area (Å²) in [6.45, 7) is 0.396. The van der Waals surface area contributed by atoms with E-state index in [2.05, 4.69) is 4.98 Å². The van der Waals surface area contributed by atoms with Gasteiger partial charge in [0, 0.05) is 17.9 Å². The summed E-state index contributed by atoms with van der Waals surface area (Å²) in [5.41, 5.74) is 8.08. The molecule has 0 saturated heterocycles. The average molecular weight is 271 g/mol. The van der Waals surface area contributed by atoms with E-state index in [0.29, 0.717) is 18.9 Å². The maximum absolute atomic E-state index is 11.9. The molecule has 0 spiro atoms. The van der Waals surface area contributed by atoms with Crippen LogP contribution >= 0.6 is 0 Å². The summed E-state index contributed by atoms with van der Waals surface area (Å²) in [7, 11) is 0. The van der Waals surface area contributed by atoms with Crippen LogP contribution in [0.2, 0.25) is 0 Å². The smallest absolute Gasteiger partial charge is 0.164 e. The molecule has 3 rings (SSSR count). The number of benzene rings is 1. The maximum Gasteiger partial charge on any atom is 0.164 e. The van der Waals surface area contributed by atoms with Crippen molar-refractivity contribution in [3.63, 3.8) is 0 Å². The quantitative estimate of drug-likeness (QED) is 0.839. The summed E-state index contributed by atoms with van der Waals surface area (Å²) >= 11 is 0. The van der Waals surface area contributed by atoms with Gasteiger partial charge in [-0.1, -0.05) is 19.3 Å². The minimum absolute atomic E-state index is 0.100. The zero-order valence-corrected chi connectivity index (χ0v) is 11.7. The molecule has 4 nitrogen and oxygen atoms in total. The largest absolute Gasteiger partial charge is 0.342 e. The minimum atomic E-state index is 0.100. The molecule has 3 N–H and O–H groups in total. The molecule has 2 aromatic rings. The van der Waals surface area contributed by atoms with Crippen molar-refractivity contribution in [2.45, 2.75) is 44.4 Å². The molecular weight excluding hydrogens is 250 g/mol. The van der Waals surface area contributed by atoms with Crippen molar-refractivity contribution in [1.29, 1.82) is 0 Å². The zero-order valence-electron chi connectivity index (χ0n) is 11.7. The molecule has 0 aliphatic heterocycles. The SMILES string of the molecule is NCCC(=O)c1ccc2nc(C3CCCCC3)[nH]c2c1. The number of nitrogens with one attached hydrogen (secondary N) is 1. The van der Waals surface area contributed by atoms with Gasteiger partial charge in [-0.25, -0.2) is 4.98 Å². The monoisotopic (exact) mass is 271 g/mol. The number of hydrogen-bond donors (Lipinski definition) is 2. The number of Topliss-reactive ketones (excluding diaryl/α,β-unsaturated/α-hetero) is 1. The molecule has 1 aliphatic carbocycles. The Balaban J connectivity index is 1.88. The Morgan fingerprint density at radius 1 is 1.30 bits per heavy atom. The van der Waals surface area contributed by atoms with Crippen molar-refractivity contribution in [3.8, 4) is 0 Å². The van der Waals surface area contributed by atoms with Crippen LogP contribution in [-0.4, -0.2) is 22.3 Å². The first kappa shape index (κ1) is 13.3. The molecule has 0 unspecified atom stereocenters. The highest BCUT2D eigenvalue weighted by Crippen LogP contribution is 2.32. The van der Waals surface area contributed by atoms with Gasteiger partial charge in [0.25, 0.3) is 0 Å². The molecule has 0 atom stereocenters. The van der Waals surface area contributed by atoms with Crippen LogP contribution in [0, 0.1) is 0 Å². The van der Waals surface area contributed by atoms with Crippen molar-refractivity contribution in [1.82, 2.24) is 9.97 Å². The van der Waals surface area contributed by atoms with E-state index in [9.17, 15) is 4.79 Å². The van der Waals surface area contributed by atoms with Gasteiger partial charge in [0.2, 0.25) is 0 Å². The van der Waals surface area contributed by atoms with Gasteiger partial charge in [0.15, 0.2) is 5.78 Å². The molecule has 1 heterocycles. The molecule has 1 fully saturated rings. The molecule has 1 aliphatic rings. The standard InChI is InChI=1S/C16H21N3O/c17-9-8-15(20)12-6-7-13-14(10-12)19-16(18-13)11-4-2-1-3-5-11/h6-7,10-11H,1-5,8-9,17H2,(H,18,19). The first-order chi connectivity index (χ1) is 9.78. The Bertz CT molecular complexity index is 611. The Morgan fingerprint density at radius 2 is 2.10 bits per heavy atom. The van der Waals surface area contributed by atoms with Gasteiger partial charge in [0.05, 0.1) is 11.0 Å². The summed E-state index contributed by atoms with van der Waals surface area (Å²) in [4.78, 5) is 20.0. The number of aromatic nitrogens is 2. The lowest BCUT2D eigenvalue weighted by molar-refractivity contribution is 0.0985. The van der Waals surface area contributed by atoms with Crippen LogP contribution in [0.1, 0.15) is 60.6 Å². The van der Waals surface area contributed by atoms with Crippen LogP contribution in [0.15, 0.2) is 18.2 Å². The summed E-state index contributed by atoms with van der Waals surface area (Å²) in [6, 6.07) is 5.69. The molecule has 4 heteroatoms. The van der Waals surface area contributed by atoms with Gasteiger partial charge in [-0.2, -0.15) is 0 Å². The second kappa shape index (κ2) is 5.75. The van der Waals surface area contributed by atoms with E-state index in [1.165, 1.54) is 32.1 Å². The Kier molecular flexibility index (Phi) is 3.83. The fourth-order valence-electron chi connectivity index (χ4n) is 3.05. The van der Waals surface area contributed by atoms with Gasteiger partial charge in [0.1, 0.15) is 5.82 Å². The van der Waals surface area contributed by atoms with Gasteiger partial charge in [-0.3, -0.25) is 4.79 Å². The molecule has 0 radical (unpaired) electrons. The van der Waals surface area contributed by atoms with Gasteiger partial charge in [-0.15, -0.1) is 0 Å². The van der Waals surface area contributed by atoms with E-state index in [1.807, 2.05) is 18.2 Å². The summed E-state index contributed by atoms with van der Waals surface area (Å²) in [6.07, 6.45) is 6.77. The fraction of sp³-hybridized carbons (Fsp3) is 0.500. The molecule has 0 amide bonds. The van der Waals surface area contributed by atoms with Crippen molar-refractivity contribution in [2.75, 3.05) is 6.54 Å². The van der Waals surface area contributed by atoms with Crippen LogP contribution in [0.4, 0.5) is 0 Å². The number of carbonyl (C=O) groups excluding carboxylic acids is 1. The van der Waals surface area contributed by atoms with E-state index in [1.54, 1.807) is 0 Å². The van der Waals surface area contributed by atoms with E-state index < -0.39 is 0 Å². The number of aromatic amines is 1. The van der Waals surface area contributed by atoms with Crippen molar-refractivity contribution in [3.05, 3.63) is 29.6 Å². The molecule has 1 aromatic carbocycles. The molecule has 1 aromatic heterocycles. The third-order valence-electron chi connectivity index (χ3n) is 4.19. The number of hydrogen-bond acceptors (Lipinski definition) is 3. The second-order valence-electron chi connectivity index (χ2n) is 5.65. The highest BCUT2D eigenvalue weighted by atomic mass is 16.1. The topological polar surface area (TPSA) is 71.8 Å². The van der Waals surface area contributed by atoms with E-state index in [4.69, 9.17) is 10.7 Å². The molecule has 106 valence electrons. The predicted molar refractivity (Wildman–Crippen MR) is 79.9 cm³/mol. The Morgan fingerprint density at radius 3 is 2.85 bits per heavy atom. The van der Waals surface area contributed by atoms with Crippen LogP contribution in [0.3, 0.4) is 0 Å². The van der Waals surface area contributed by atoms with Crippen LogP contribution in [0.5, 0.6) is 0 Å². The van der Waals surface area contributed by atoms with Crippen LogP contribution < -0.4 is 5.73 Å². The predicted octanol–water partition coefficient (Wildman–Crippen LogP) is 3.14. The number of H-pyrrole nitrogens is 1. The van der Waals surface area contributed by atoms with Crippen LogP contribution in [-0.2, 0) is 0 Å². The highest BCUT2D eigenvalue weighted by molar-refractivity contribution is 5.98. The first-order valence-corrected chi connectivity index (χ1v) is 7.51. The Hall–Kier alpha value is -1.68. The maximum atomic E-state index is 11.9. The second-order valence-corrected chi connectivity index (χ2v) is 5.65. The van der Waals surface area contributed by atoms with E-state index in [0.717, 1.165) is 22.4 Å². The lowest BCUT2D eigenvalue weighted by atomic mass is 9.89. The lowest BCUT2D eigenvalue weighted by Crippen LogP contribution is -2.07. The number of rotatable bonds is 4. The lowest BCUT2D eigenvalue weighted by Gasteiger charge is -2.18. The number of imidazole rings is 1. The molecule has 1 saturated carbocycles. The first-order valence-electron chi connectivity index (χ1n) is 7.51. The van der Waals surface area contributed by atoms with Crippen molar-refractivity contribution in [2.24, 2.45) is 5.73 Å². The van der Waals surface area contributed by atoms with Crippen molar-refractivity contribution >= 4 is 16.8 Å².